The zero-order valence-corrected chi connectivity index (χ0v) is 10.7. The normalized spacial score (nSPS) is 10.7. The summed E-state index contributed by atoms with van der Waals surface area (Å²) < 4.78 is 0.601. The van der Waals surface area contributed by atoms with Crippen LogP contribution >= 0.6 is 22.9 Å². The van der Waals surface area contributed by atoms with Gasteiger partial charge in [0.1, 0.15) is 0 Å². The summed E-state index contributed by atoms with van der Waals surface area (Å²) in [5, 5.41) is 2.82. The molecule has 0 saturated carbocycles. The van der Waals surface area contributed by atoms with Crippen LogP contribution in [-0.4, -0.2) is 15.9 Å². The molecule has 1 amide bonds. The van der Waals surface area contributed by atoms with Crippen LogP contribution in [0, 0.1) is 0 Å². The number of anilines is 1. The lowest BCUT2D eigenvalue weighted by molar-refractivity contribution is 0.103. The molecule has 18 heavy (non-hydrogen) atoms. The lowest BCUT2D eigenvalue weighted by Crippen LogP contribution is -2.09. The van der Waals surface area contributed by atoms with E-state index >= 15 is 0 Å². The van der Waals surface area contributed by atoms with Gasteiger partial charge in [0, 0.05) is 5.69 Å². The third-order valence-corrected chi connectivity index (χ3v) is 3.71. The largest absolute Gasteiger partial charge is 0.345 e. The molecule has 0 spiro atoms. The average Bonchev–Trinajstić information content (AvgIpc) is 2.96. The van der Waals surface area contributed by atoms with Gasteiger partial charge in [-0.2, -0.15) is 0 Å². The number of imidazole rings is 1. The number of hydrogen-bond acceptors (Lipinski definition) is 3. The summed E-state index contributed by atoms with van der Waals surface area (Å²) in [5.74, 6) is -0.161. The van der Waals surface area contributed by atoms with E-state index in [-0.39, 0.29) is 5.91 Å². The van der Waals surface area contributed by atoms with Crippen LogP contribution < -0.4 is 5.32 Å². The van der Waals surface area contributed by atoms with Crippen molar-refractivity contribution in [1.29, 1.82) is 0 Å². The number of aromatic nitrogens is 2. The third kappa shape index (κ3) is 2.10. The van der Waals surface area contributed by atoms with Crippen LogP contribution in [0.3, 0.4) is 0 Å². The quantitative estimate of drug-likeness (QED) is 0.753. The molecule has 1 aromatic carbocycles. The van der Waals surface area contributed by atoms with E-state index < -0.39 is 0 Å². The van der Waals surface area contributed by atoms with Crippen molar-refractivity contribution in [3.63, 3.8) is 0 Å². The summed E-state index contributed by atoms with van der Waals surface area (Å²) >= 11 is 7.05. The van der Waals surface area contributed by atoms with Crippen LogP contribution in [-0.2, 0) is 0 Å². The molecule has 3 aromatic rings. The number of rotatable bonds is 2. The number of halogens is 1. The van der Waals surface area contributed by atoms with E-state index in [0.717, 1.165) is 16.7 Å². The smallest absolute Gasteiger partial charge is 0.265 e. The zero-order valence-electron chi connectivity index (χ0n) is 9.11. The summed E-state index contributed by atoms with van der Waals surface area (Å²) in [6, 6.07) is 8.92. The van der Waals surface area contributed by atoms with Gasteiger partial charge in [0.25, 0.3) is 5.91 Å². The highest BCUT2D eigenvalue weighted by atomic mass is 35.5. The summed E-state index contributed by atoms with van der Waals surface area (Å²) in [5.41, 5.74) is 2.48. The fourth-order valence-electron chi connectivity index (χ4n) is 1.64. The molecule has 0 aliphatic carbocycles. The van der Waals surface area contributed by atoms with Crippen molar-refractivity contribution in [2.75, 3.05) is 5.32 Å². The number of nitrogens with one attached hydrogen (secondary N) is 2. The number of hydrogen-bond donors (Lipinski definition) is 2. The minimum Gasteiger partial charge on any atom is -0.345 e. The molecule has 3 rings (SSSR count). The fourth-order valence-corrected chi connectivity index (χ4v) is 2.58. The molecule has 0 fully saturated rings. The second kappa shape index (κ2) is 4.44. The van der Waals surface area contributed by atoms with Gasteiger partial charge in [-0.1, -0.05) is 11.6 Å². The molecule has 0 saturated heterocycles. The van der Waals surface area contributed by atoms with Crippen molar-refractivity contribution >= 4 is 45.6 Å². The van der Waals surface area contributed by atoms with Gasteiger partial charge in [0.15, 0.2) is 0 Å². The Bertz CT molecular complexity index is 719. The first kappa shape index (κ1) is 11.3. The lowest BCUT2D eigenvalue weighted by Gasteiger charge is -2.03. The Morgan fingerprint density at radius 1 is 1.33 bits per heavy atom. The standard InChI is InChI=1S/C12H8ClN3OS/c13-11-4-3-10(18-11)12(17)16-7-1-2-8-9(5-7)15-6-14-8/h1-6H,(H,14,15)(H,16,17). The Morgan fingerprint density at radius 3 is 3.00 bits per heavy atom. The predicted octanol–water partition coefficient (Wildman–Crippen LogP) is 3.53. The fraction of sp³-hybridized carbons (Fsp3) is 0. The van der Waals surface area contributed by atoms with Gasteiger partial charge in [-0.05, 0) is 30.3 Å². The lowest BCUT2D eigenvalue weighted by atomic mass is 10.2. The predicted molar refractivity (Wildman–Crippen MR) is 73.4 cm³/mol. The van der Waals surface area contributed by atoms with Crippen molar-refractivity contribution < 1.29 is 4.79 Å². The Hall–Kier alpha value is -1.85. The summed E-state index contributed by atoms with van der Waals surface area (Å²) in [6.45, 7) is 0. The zero-order chi connectivity index (χ0) is 12.5. The molecular formula is C12H8ClN3OS. The first-order valence-corrected chi connectivity index (χ1v) is 6.42. The van der Waals surface area contributed by atoms with E-state index in [1.807, 2.05) is 18.2 Å². The molecule has 2 heterocycles. The molecule has 0 unspecified atom stereocenters. The molecule has 6 heteroatoms. The maximum absolute atomic E-state index is 11.9. The van der Waals surface area contributed by atoms with E-state index in [4.69, 9.17) is 11.6 Å². The number of benzene rings is 1. The van der Waals surface area contributed by atoms with Crippen LogP contribution in [0.25, 0.3) is 11.0 Å². The van der Waals surface area contributed by atoms with Gasteiger partial charge < -0.3 is 10.3 Å². The van der Waals surface area contributed by atoms with E-state index in [2.05, 4.69) is 15.3 Å². The number of aromatic amines is 1. The average molecular weight is 278 g/mol. The number of thiophene rings is 1. The van der Waals surface area contributed by atoms with Gasteiger partial charge in [0.2, 0.25) is 0 Å². The second-order valence-electron chi connectivity index (χ2n) is 3.69. The Balaban J connectivity index is 1.85. The Labute approximate surface area is 112 Å². The van der Waals surface area contributed by atoms with Gasteiger partial charge in [0.05, 0.1) is 26.6 Å². The first-order chi connectivity index (χ1) is 8.72. The third-order valence-electron chi connectivity index (χ3n) is 2.48. The molecule has 2 N–H and O–H groups in total. The number of amides is 1. The van der Waals surface area contributed by atoms with Crippen LogP contribution in [0.2, 0.25) is 4.34 Å². The van der Waals surface area contributed by atoms with Crippen molar-refractivity contribution in [3.8, 4) is 0 Å². The molecule has 0 radical (unpaired) electrons. The highest BCUT2D eigenvalue weighted by molar-refractivity contribution is 7.18. The van der Waals surface area contributed by atoms with E-state index in [0.29, 0.717) is 9.21 Å². The first-order valence-electron chi connectivity index (χ1n) is 5.22. The Kier molecular flexibility index (Phi) is 2.77. The molecule has 0 atom stereocenters. The van der Waals surface area contributed by atoms with Gasteiger partial charge in [-0.15, -0.1) is 11.3 Å². The number of carbonyl (C=O) groups excluding carboxylic acids is 1. The van der Waals surface area contributed by atoms with Crippen LogP contribution in [0.15, 0.2) is 36.7 Å². The molecular weight excluding hydrogens is 270 g/mol. The highest BCUT2D eigenvalue weighted by Crippen LogP contribution is 2.23. The molecule has 0 aliphatic heterocycles. The molecule has 0 aliphatic rings. The molecule has 4 nitrogen and oxygen atoms in total. The van der Waals surface area contributed by atoms with Crippen LogP contribution in [0.4, 0.5) is 5.69 Å². The number of nitrogens with zero attached hydrogens (tertiary/aromatic N) is 1. The van der Waals surface area contributed by atoms with E-state index in [1.54, 1.807) is 18.5 Å². The molecule has 0 bridgehead atoms. The van der Waals surface area contributed by atoms with Crippen LogP contribution in [0.5, 0.6) is 0 Å². The van der Waals surface area contributed by atoms with Gasteiger partial charge in [-0.3, -0.25) is 4.79 Å². The summed E-state index contributed by atoms with van der Waals surface area (Å²) in [6.07, 6.45) is 1.62. The van der Waals surface area contributed by atoms with Crippen molar-refractivity contribution in [2.24, 2.45) is 0 Å². The van der Waals surface area contributed by atoms with Crippen molar-refractivity contribution in [2.45, 2.75) is 0 Å². The summed E-state index contributed by atoms with van der Waals surface area (Å²) in [7, 11) is 0. The van der Waals surface area contributed by atoms with Gasteiger partial charge >= 0.3 is 0 Å². The number of carbonyl (C=O) groups is 1. The minimum atomic E-state index is -0.161. The topological polar surface area (TPSA) is 57.8 Å². The SMILES string of the molecule is O=C(Nc1ccc2nc[nH]c2c1)c1ccc(Cl)s1. The monoisotopic (exact) mass is 277 g/mol. The minimum absolute atomic E-state index is 0.161. The maximum Gasteiger partial charge on any atom is 0.265 e. The van der Waals surface area contributed by atoms with E-state index in [1.165, 1.54) is 11.3 Å². The number of H-pyrrole nitrogens is 1. The Morgan fingerprint density at radius 2 is 2.22 bits per heavy atom. The highest BCUT2D eigenvalue weighted by Gasteiger charge is 2.09. The van der Waals surface area contributed by atoms with Crippen molar-refractivity contribution in [1.82, 2.24) is 9.97 Å². The number of fused-ring (bicyclic) bond motifs is 1. The molecule has 90 valence electrons. The van der Waals surface area contributed by atoms with Crippen molar-refractivity contribution in [3.05, 3.63) is 45.9 Å². The molecule has 2 aromatic heterocycles. The maximum atomic E-state index is 11.9. The van der Waals surface area contributed by atoms with Crippen LogP contribution in [0.1, 0.15) is 9.67 Å². The van der Waals surface area contributed by atoms with Gasteiger partial charge in [-0.25, -0.2) is 4.98 Å². The second-order valence-corrected chi connectivity index (χ2v) is 5.41. The summed E-state index contributed by atoms with van der Waals surface area (Å²) in [4.78, 5) is 19.6. The van der Waals surface area contributed by atoms with E-state index in [9.17, 15) is 4.79 Å².